The van der Waals surface area contributed by atoms with Crippen LogP contribution in [0.4, 0.5) is 8.78 Å². The van der Waals surface area contributed by atoms with E-state index in [2.05, 4.69) is 10.4 Å². The molecule has 2 aromatic rings. The van der Waals surface area contributed by atoms with Gasteiger partial charge >= 0.3 is 0 Å². The van der Waals surface area contributed by atoms with E-state index >= 15 is 0 Å². The predicted molar refractivity (Wildman–Crippen MR) is 78.9 cm³/mol. The Labute approximate surface area is 124 Å². The highest BCUT2D eigenvalue weighted by atomic mass is 19.1. The first-order valence-electron chi connectivity index (χ1n) is 7.26. The number of halogens is 2. The first-order chi connectivity index (χ1) is 10.1. The summed E-state index contributed by atoms with van der Waals surface area (Å²) in [6.45, 7) is 2.76. The second kappa shape index (κ2) is 7.31. The molecule has 0 radical (unpaired) electrons. The number of nitrogens with one attached hydrogen (secondary N) is 1. The maximum atomic E-state index is 14.0. The van der Waals surface area contributed by atoms with Crippen molar-refractivity contribution in [1.29, 1.82) is 0 Å². The first kappa shape index (κ1) is 15.6. The number of hydrogen-bond donors (Lipinski definition) is 1. The van der Waals surface area contributed by atoms with Gasteiger partial charge in [-0.1, -0.05) is 13.0 Å². The zero-order chi connectivity index (χ0) is 15.2. The standard InChI is InChI=1S/C16H21F2N3/c1-3-9-19-15(8-7-12-10-20-21(2)11-12)16-13(17)5-4-6-14(16)18/h4-6,10-11,15,19H,3,7-9H2,1-2H3. The lowest BCUT2D eigenvalue weighted by atomic mass is 9.99. The molecule has 1 aromatic heterocycles. The fraction of sp³-hybridized carbons (Fsp3) is 0.438. The maximum absolute atomic E-state index is 14.0. The summed E-state index contributed by atoms with van der Waals surface area (Å²) in [4.78, 5) is 0. The van der Waals surface area contributed by atoms with Crippen LogP contribution in [0.25, 0.3) is 0 Å². The quantitative estimate of drug-likeness (QED) is 0.848. The van der Waals surface area contributed by atoms with Gasteiger partial charge < -0.3 is 5.32 Å². The van der Waals surface area contributed by atoms with Crippen LogP contribution in [0.3, 0.4) is 0 Å². The van der Waals surface area contributed by atoms with Crippen LogP contribution in [0, 0.1) is 11.6 Å². The Bertz CT molecular complexity index is 560. The summed E-state index contributed by atoms with van der Waals surface area (Å²) in [5.74, 6) is -0.982. The van der Waals surface area contributed by atoms with Gasteiger partial charge in [0.1, 0.15) is 11.6 Å². The van der Waals surface area contributed by atoms with E-state index in [4.69, 9.17) is 0 Å². The highest BCUT2D eigenvalue weighted by molar-refractivity contribution is 5.23. The number of hydrogen-bond acceptors (Lipinski definition) is 2. The van der Waals surface area contributed by atoms with E-state index in [1.54, 1.807) is 10.9 Å². The Morgan fingerprint density at radius 3 is 2.57 bits per heavy atom. The summed E-state index contributed by atoms with van der Waals surface area (Å²) in [7, 11) is 1.85. The van der Waals surface area contributed by atoms with Crippen LogP contribution in [0.1, 0.15) is 36.9 Å². The summed E-state index contributed by atoms with van der Waals surface area (Å²) in [5, 5.41) is 7.35. The smallest absolute Gasteiger partial charge is 0.130 e. The van der Waals surface area contributed by atoms with E-state index in [9.17, 15) is 8.78 Å². The minimum absolute atomic E-state index is 0.134. The van der Waals surface area contributed by atoms with Crippen molar-refractivity contribution in [3.05, 3.63) is 53.4 Å². The molecule has 0 aliphatic carbocycles. The van der Waals surface area contributed by atoms with Crippen LogP contribution < -0.4 is 5.32 Å². The van der Waals surface area contributed by atoms with Crippen molar-refractivity contribution in [2.75, 3.05) is 6.54 Å². The summed E-state index contributed by atoms with van der Waals surface area (Å²) >= 11 is 0. The van der Waals surface area contributed by atoms with Crippen LogP contribution >= 0.6 is 0 Å². The van der Waals surface area contributed by atoms with Crippen molar-refractivity contribution in [1.82, 2.24) is 15.1 Å². The van der Waals surface area contributed by atoms with Gasteiger partial charge in [0.25, 0.3) is 0 Å². The Kier molecular flexibility index (Phi) is 5.44. The SMILES string of the molecule is CCCNC(CCc1cnn(C)c1)c1c(F)cccc1F. The maximum Gasteiger partial charge on any atom is 0.130 e. The first-order valence-corrected chi connectivity index (χ1v) is 7.26. The number of rotatable bonds is 7. The molecule has 0 aliphatic heterocycles. The lowest BCUT2D eigenvalue weighted by Gasteiger charge is -2.20. The molecule has 1 atom stereocenters. The average Bonchev–Trinajstić information content (AvgIpc) is 2.86. The molecule has 1 N–H and O–H groups in total. The van der Waals surface area contributed by atoms with Crippen molar-refractivity contribution >= 4 is 0 Å². The Morgan fingerprint density at radius 2 is 2.00 bits per heavy atom. The molecule has 1 unspecified atom stereocenters. The van der Waals surface area contributed by atoms with Gasteiger partial charge in [0, 0.05) is 24.8 Å². The van der Waals surface area contributed by atoms with E-state index in [1.165, 1.54) is 18.2 Å². The molecule has 21 heavy (non-hydrogen) atoms. The molecular formula is C16H21F2N3. The van der Waals surface area contributed by atoms with Crippen molar-refractivity contribution < 1.29 is 8.78 Å². The highest BCUT2D eigenvalue weighted by Gasteiger charge is 2.19. The third-order valence-electron chi connectivity index (χ3n) is 3.47. The molecule has 0 bridgehead atoms. The summed E-state index contributed by atoms with van der Waals surface area (Å²) in [6.07, 6.45) is 5.98. The highest BCUT2D eigenvalue weighted by Crippen LogP contribution is 2.25. The molecule has 2 rings (SSSR count). The molecule has 1 heterocycles. The molecule has 0 aliphatic rings. The number of aromatic nitrogens is 2. The summed E-state index contributed by atoms with van der Waals surface area (Å²) < 4.78 is 29.7. The van der Waals surface area contributed by atoms with Gasteiger partial charge in [0.2, 0.25) is 0 Å². The zero-order valence-corrected chi connectivity index (χ0v) is 12.4. The normalized spacial score (nSPS) is 12.6. The van der Waals surface area contributed by atoms with Crippen LogP contribution in [0.5, 0.6) is 0 Å². The fourth-order valence-corrected chi connectivity index (χ4v) is 2.42. The van der Waals surface area contributed by atoms with Crippen molar-refractivity contribution in [3.8, 4) is 0 Å². The molecule has 5 heteroatoms. The summed E-state index contributed by atoms with van der Waals surface area (Å²) in [5.41, 5.74) is 1.20. The number of aryl methyl sites for hydroxylation is 2. The van der Waals surface area contributed by atoms with Gasteiger partial charge in [-0.3, -0.25) is 4.68 Å². The van der Waals surface area contributed by atoms with Gasteiger partial charge in [-0.2, -0.15) is 5.10 Å². The van der Waals surface area contributed by atoms with Crippen LogP contribution in [-0.2, 0) is 13.5 Å². The number of benzene rings is 1. The van der Waals surface area contributed by atoms with Crippen molar-refractivity contribution in [3.63, 3.8) is 0 Å². The molecule has 0 saturated carbocycles. The topological polar surface area (TPSA) is 29.9 Å². The third-order valence-corrected chi connectivity index (χ3v) is 3.47. The zero-order valence-electron chi connectivity index (χ0n) is 12.4. The van der Waals surface area contributed by atoms with E-state index < -0.39 is 11.6 Å². The Hall–Kier alpha value is -1.75. The van der Waals surface area contributed by atoms with E-state index in [1.807, 2.05) is 20.2 Å². The minimum atomic E-state index is -0.491. The molecule has 0 saturated heterocycles. The van der Waals surface area contributed by atoms with E-state index in [0.717, 1.165) is 24.9 Å². The molecule has 114 valence electrons. The monoisotopic (exact) mass is 293 g/mol. The van der Waals surface area contributed by atoms with Crippen molar-refractivity contribution in [2.24, 2.45) is 7.05 Å². The summed E-state index contributed by atoms with van der Waals surface area (Å²) in [6, 6.07) is 3.68. The third kappa shape index (κ3) is 4.11. The largest absolute Gasteiger partial charge is 0.310 e. The van der Waals surface area contributed by atoms with Crippen LogP contribution in [0.2, 0.25) is 0 Å². The Balaban J connectivity index is 2.13. The molecular weight excluding hydrogens is 272 g/mol. The molecule has 0 amide bonds. The van der Waals surface area contributed by atoms with Gasteiger partial charge in [0.05, 0.1) is 6.20 Å². The van der Waals surface area contributed by atoms with Crippen molar-refractivity contribution in [2.45, 2.75) is 32.2 Å². The Morgan fingerprint density at radius 1 is 1.29 bits per heavy atom. The molecule has 3 nitrogen and oxygen atoms in total. The van der Waals surface area contributed by atoms with Crippen LogP contribution in [-0.4, -0.2) is 16.3 Å². The lowest BCUT2D eigenvalue weighted by molar-refractivity contribution is 0.446. The second-order valence-electron chi connectivity index (χ2n) is 5.20. The molecule has 0 spiro atoms. The molecule has 1 aromatic carbocycles. The lowest BCUT2D eigenvalue weighted by Crippen LogP contribution is -2.24. The average molecular weight is 293 g/mol. The number of nitrogens with zero attached hydrogens (tertiary/aromatic N) is 2. The van der Waals surface area contributed by atoms with Gasteiger partial charge in [0.15, 0.2) is 0 Å². The van der Waals surface area contributed by atoms with E-state index in [0.29, 0.717) is 6.42 Å². The second-order valence-corrected chi connectivity index (χ2v) is 5.20. The minimum Gasteiger partial charge on any atom is -0.310 e. The molecule has 0 fully saturated rings. The van der Waals surface area contributed by atoms with Crippen LogP contribution in [0.15, 0.2) is 30.6 Å². The van der Waals surface area contributed by atoms with Gasteiger partial charge in [-0.25, -0.2) is 8.78 Å². The fourth-order valence-electron chi connectivity index (χ4n) is 2.42. The van der Waals surface area contributed by atoms with E-state index in [-0.39, 0.29) is 11.6 Å². The van der Waals surface area contributed by atoms with Gasteiger partial charge in [-0.15, -0.1) is 0 Å². The van der Waals surface area contributed by atoms with Gasteiger partial charge in [-0.05, 0) is 43.5 Å². The predicted octanol–water partition coefficient (Wildman–Crippen LogP) is 3.37.